The largest absolute Gasteiger partial charge is 0.481 e. The van der Waals surface area contributed by atoms with E-state index in [0.29, 0.717) is 24.9 Å². The number of aliphatic carboxylic acids is 1. The molecule has 6 heteroatoms. The molecule has 1 saturated heterocycles. The number of rotatable bonds is 6. The van der Waals surface area contributed by atoms with Crippen LogP contribution in [0.15, 0.2) is 0 Å². The minimum Gasteiger partial charge on any atom is -0.481 e. The molecular formula is C11H21NO4S. The average molecular weight is 263 g/mol. The maximum atomic E-state index is 11.9. The van der Waals surface area contributed by atoms with Crippen molar-refractivity contribution in [2.24, 2.45) is 11.8 Å². The molecule has 100 valence electrons. The Morgan fingerprint density at radius 3 is 2.59 bits per heavy atom. The van der Waals surface area contributed by atoms with Crippen LogP contribution in [0.4, 0.5) is 0 Å². The van der Waals surface area contributed by atoms with Gasteiger partial charge >= 0.3 is 5.97 Å². The SMILES string of the molecule is CC(C)C1CCN(S(=O)(=O)CCCC(=O)O)C1. The molecule has 0 aromatic rings. The van der Waals surface area contributed by atoms with E-state index in [4.69, 9.17) is 5.11 Å². The van der Waals surface area contributed by atoms with Crippen molar-refractivity contribution in [3.05, 3.63) is 0 Å². The molecule has 17 heavy (non-hydrogen) atoms. The maximum absolute atomic E-state index is 11.9. The van der Waals surface area contributed by atoms with E-state index in [2.05, 4.69) is 13.8 Å². The summed E-state index contributed by atoms with van der Waals surface area (Å²) in [6, 6.07) is 0. The number of carbonyl (C=O) groups is 1. The smallest absolute Gasteiger partial charge is 0.303 e. The first kappa shape index (κ1) is 14.4. The molecule has 0 amide bonds. The first-order valence-electron chi connectivity index (χ1n) is 6.02. The van der Waals surface area contributed by atoms with E-state index in [9.17, 15) is 13.2 Å². The third-order valence-electron chi connectivity index (χ3n) is 3.32. The van der Waals surface area contributed by atoms with Crippen LogP contribution in [0.25, 0.3) is 0 Å². The summed E-state index contributed by atoms with van der Waals surface area (Å²) in [5.41, 5.74) is 0. The zero-order chi connectivity index (χ0) is 13.1. The highest BCUT2D eigenvalue weighted by molar-refractivity contribution is 7.89. The summed E-state index contributed by atoms with van der Waals surface area (Å²) < 4.78 is 25.3. The Bertz CT molecular complexity index is 364. The van der Waals surface area contributed by atoms with Gasteiger partial charge in [0.25, 0.3) is 0 Å². The molecule has 1 heterocycles. The molecular weight excluding hydrogens is 242 g/mol. The van der Waals surface area contributed by atoms with E-state index in [-0.39, 0.29) is 18.6 Å². The highest BCUT2D eigenvalue weighted by atomic mass is 32.2. The van der Waals surface area contributed by atoms with E-state index in [1.807, 2.05) is 0 Å². The van der Waals surface area contributed by atoms with Crippen molar-refractivity contribution < 1.29 is 18.3 Å². The molecule has 1 aliphatic rings. The minimum atomic E-state index is -3.25. The lowest BCUT2D eigenvalue weighted by Crippen LogP contribution is -2.31. The van der Waals surface area contributed by atoms with Crippen molar-refractivity contribution in [1.82, 2.24) is 4.31 Å². The minimum absolute atomic E-state index is 0.0515. The van der Waals surface area contributed by atoms with E-state index in [1.165, 1.54) is 4.31 Å². The summed E-state index contributed by atoms with van der Waals surface area (Å²) in [5, 5.41) is 8.48. The predicted octanol–water partition coefficient (Wildman–Crippen LogP) is 1.16. The van der Waals surface area contributed by atoms with Crippen LogP contribution in [0.3, 0.4) is 0 Å². The molecule has 1 unspecified atom stereocenters. The van der Waals surface area contributed by atoms with E-state index >= 15 is 0 Å². The maximum Gasteiger partial charge on any atom is 0.303 e. The summed E-state index contributed by atoms with van der Waals surface area (Å²) in [7, 11) is -3.25. The lowest BCUT2D eigenvalue weighted by atomic mass is 9.96. The standard InChI is InChI=1S/C11H21NO4S/c1-9(2)10-5-6-12(8-10)17(15,16)7-3-4-11(13)14/h9-10H,3-8H2,1-2H3,(H,13,14). The molecule has 5 nitrogen and oxygen atoms in total. The van der Waals surface area contributed by atoms with Crippen molar-refractivity contribution in [2.75, 3.05) is 18.8 Å². The van der Waals surface area contributed by atoms with Crippen molar-refractivity contribution in [2.45, 2.75) is 33.1 Å². The lowest BCUT2D eigenvalue weighted by Gasteiger charge is -2.17. The number of carboxylic acids is 1. The molecule has 1 atom stereocenters. The van der Waals surface area contributed by atoms with Crippen molar-refractivity contribution in [3.63, 3.8) is 0 Å². The van der Waals surface area contributed by atoms with Gasteiger partial charge in [-0.25, -0.2) is 12.7 Å². The summed E-state index contributed by atoms with van der Waals surface area (Å²) >= 11 is 0. The number of hydrogen-bond donors (Lipinski definition) is 1. The number of hydrogen-bond acceptors (Lipinski definition) is 3. The van der Waals surface area contributed by atoms with Crippen LogP contribution in [0, 0.1) is 11.8 Å². The second-order valence-corrected chi connectivity index (χ2v) is 7.05. The first-order valence-corrected chi connectivity index (χ1v) is 7.63. The average Bonchev–Trinajstić information content (AvgIpc) is 2.65. The Morgan fingerprint density at radius 2 is 2.12 bits per heavy atom. The van der Waals surface area contributed by atoms with Crippen molar-refractivity contribution in [3.8, 4) is 0 Å². The highest BCUT2D eigenvalue weighted by Gasteiger charge is 2.32. The molecule has 0 aromatic heterocycles. The van der Waals surface area contributed by atoms with Crippen LogP contribution >= 0.6 is 0 Å². The van der Waals surface area contributed by atoms with E-state index in [1.54, 1.807) is 0 Å². The topological polar surface area (TPSA) is 74.7 Å². The quantitative estimate of drug-likeness (QED) is 0.780. The van der Waals surface area contributed by atoms with Crippen LogP contribution in [0.1, 0.15) is 33.1 Å². The van der Waals surface area contributed by atoms with Gasteiger partial charge in [0, 0.05) is 19.5 Å². The predicted molar refractivity (Wildman–Crippen MR) is 65.2 cm³/mol. The third kappa shape index (κ3) is 4.27. The second-order valence-electron chi connectivity index (χ2n) is 4.96. The monoisotopic (exact) mass is 263 g/mol. The van der Waals surface area contributed by atoms with Crippen LogP contribution in [-0.2, 0) is 14.8 Å². The molecule has 0 radical (unpaired) electrons. The Balaban J connectivity index is 2.46. The van der Waals surface area contributed by atoms with Crippen LogP contribution in [-0.4, -0.2) is 42.6 Å². The molecule has 0 aliphatic carbocycles. The highest BCUT2D eigenvalue weighted by Crippen LogP contribution is 2.26. The number of nitrogens with zero attached hydrogens (tertiary/aromatic N) is 1. The molecule has 0 bridgehead atoms. The van der Waals surface area contributed by atoms with Gasteiger partial charge in [0.05, 0.1) is 5.75 Å². The molecule has 1 aliphatic heterocycles. The zero-order valence-corrected chi connectivity index (χ0v) is 11.2. The fraction of sp³-hybridized carbons (Fsp3) is 0.909. The Hall–Kier alpha value is -0.620. The van der Waals surface area contributed by atoms with Crippen LogP contribution in [0.2, 0.25) is 0 Å². The second kappa shape index (κ2) is 5.82. The summed E-state index contributed by atoms with van der Waals surface area (Å²) in [6.07, 6.45) is 1.02. The van der Waals surface area contributed by atoms with Gasteiger partial charge in [0.2, 0.25) is 10.0 Å². The summed E-state index contributed by atoms with van der Waals surface area (Å²) in [4.78, 5) is 10.3. The fourth-order valence-corrected chi connectivity index (χ4v) is 3.66. The van der Waals surface area contributed by atoms with Crippen LogP contribution < -0.4 is 0 Å². The number of sulfonamides is 1. The van der Waals surface area contributed by atoms with Gasteiger partial charge in [-0.05, 0) is 24.7 Å². The molecule has 1 N–H and O–H groups in total. The van der Waals surface area contributed by atoms with Gasteiger partial charge in [-0.1, -0.05) is 13.8 Å². The normalized spacial score (nSPS) is 22.2. The first-order chi connectivity index (χ1) is 7.83. The summed E-state index contributed by atoms with van der Waals surface area (Å²) in [6.45, 7) is 5.38. The van der Waals surface area contributed by atoms with Gasteiger partial charge in [-0.2, -0.15) is 0 Å². The van der Waals surface area contributed by atoms with Gasteiger partial charge in [0.1, 0.15) is 0 Å². The van der Waals surface area contributed by atoms with Crippen molar-refractivity contribution in [1.29, 1.82) is 0 Å². The summed E-state index contributed by atoms with van der Waals surface area (Å²) in [5.74, 6) is -0.0652. The van der Waals surface area contributed by atoms with Gasteiger partial charge < -0.3 is 5.11 Å². The molecule has 1 fully saturated rings. The lowest BCUT2D eigenvalue weighted by molar-refractivity contribution is -0.137. The Kier molecular flexibility index (Phi) is 4.94. The van der Waals surface area contributed by atoms with Gasteiger partial charge in [0.15, 0.2) is 0 Å². The van der Waals surface area contributed by atoms with Crippen LogP contribution in [0.5, 0.6) is 0 Å². The molecule has 0 spiro atoms. The zero-order valence-electron chi connectivity index (χ0n) is 10.4. The molecule has 0 saturated carbocycles. The molecule has 1 rings (SSSR count). The van der Waals surface area contributed by atoms with Gasteiger partial charge in [-0.15, -0.1) is 0 Å². The van der Waals surface area contributed by atoms with E-state index < -0.39 is 16.0 Å². The van der Waals surface area contributed by atoms with Crippen molar-refractivity contribution >= 4 is 16.0 Å². The number of carboxylic acid groups (broad SMARTS) is 1. The fourth-order valence-electron chi connectivity index (χ4n) is 2.09. The Morgan fingerprint density at radius 1 is 1.47 bits per heavy atom. The molecule has 0 aromatic carbocycles. The Labute approximate surface area is 103 Å². The van der Waals surface area contributed by atoms with E-state index in [0.717, 1.165) is 6.42 Å². The third-order valence-corrected chi connectivity index (χ3v) is 5.24. The van der Waals surface area contributed by atoms with Gasteiger partial charge in [-0.3, -0.25) is 4.79 Å².